The number of carbonyl (C=O) groups excluding carboxylic acids is 2. The lowest BCUT2D eigenvalue weighted by Gasteiger charge is -2.29. The largest absolute Gasteiger partial charge is 0.497 e. The van der Waals surface area contributed by atoms with Crippen molar-refractivity contribution in [2.24, 2.45) is 0 Å². The third-order valence-corrected chi connectivity index (χ3v) is 7.13. The number of hydrogen-bond donors (Lipinski definition) is 0. The van der Waals surface area contributed by atoms with Crippen molar-refractivity contribution >= 4 is 24.1 Å². The molecule has 0 fully saturated rings. The zero-order chi connectivity index (χ0) is 29.9. The van der Waals surface area contributed by atoms with Crippen molar-refractivity contribution < 1.29 is 38.0 Å². The Hall–Kier alpha value is -5.24. The van der Waals surface area contributed by atoms with E-state index in [9.17, 15) is 9.59 Å². The third-order valence-electron chi connectivity index (χ3n) is 7.13. The van der Waals surface area contributed by atoms with Crippen molar-refractivity contribution in [3.63, 3.8) is 0 Å². The molecule has 0 amide bonds. The van der Waals surface area contributed by atoms with Crippen LogP contribution in [0.3, 0.4) is 0 Å². The second-order valence-corrected chi connectivity index (χ2v) is 9.56. The van der Waals surface area contributed by atoms with Gasteiger partial charge in [-0.1, -0.05) is 36.4 Å². The summed E-state index contributed by atoms with van der Waals surface area (Å²) in [6.45, 7) is 1.32. The summed E-state index contributed by atoms with van der Waals surface area (Å²) in [6.07, 6.45) is 3.77. The molecule has 0 saturated heterocycles. The Morgan fingerprint density at radius 2 is 1.24 bits per heavy atom. The SMILES string of the molecule is COc1ccc(/C=C/c2cc(OC(C)=O)cc3c2[C@@](c2ccc(OC)cc2)(c2cc(OC)cc(OC)c2)C(=O)O3)cc1. The molecule has 0 saturated carbocycles. The minimum Gasteiger partial charge on any atom is -0.497 e. The Morgan fingerprint density at radius 3 is 1.79 bits per heavy atom. The van der Waals surface area contributed by atoms with Crippen LogP contribution in [0, 0.1) is 0 Å². The van der Waals surface area contributed by atoms with Gasteiger partial charge >= 0.3 is 11.9 Å². The molecular weight excluding hydrogens is 536 g/mol. The summed E-state index contributed by atoms with van der Waals surface area (Å²) in [5, 5.41) is 0. The third kappa shape index (κ3) is 5.14. The van der Waals surface area contributed by atoms with Crippen molar-refractivity contribution in [2.45, 2.75) is 12.3 Å². The number of hydrogen-bond acceptors (Lipinski definition) is 8. The number of esters is 2. The predicted octanol–water partition coefficient (Wildman–Crippen LogP) is 6.07. The van der Waals surface area contributed by atoms with Crippen LogP contribution in [-0.2, 0) is 15.0 Å². The van der Waals surface area contributed by atoms with E-state index in [0.29, 0.717) is 39.5 Å². The Bertz CT molecular complexity index is 1630. The highest BCUT2D eigenvalue weighted by Gasteiger charge is 2.54. The van der Waals surface area contributed by atoms with Crippen LogP contribution < -0.4 is 28.4 Å². The first kappa shape index (κ1) is 28.3. The van der Waals surface area contributed by atoms with E-state index in [1.54, 1.807) is 70.9 Å². The van der Waals surface area contributed by atoms with Gasteiger partial charge in [-0.05, 0) is 64.7 Å². The molecule has 1 aliphatic heterocycles. The number of methoxy groups -OCH3 is 4. The van der Waals surface area contributed by atoms with Crippen LogP contribution in [-0.4, -0.2) is 40.4 Å². The zero-order valence-electron chi connectivity index (χ0n) is 23.9. The second-order valence-electron chi connectivity index (χ2n) is 9.56. The fourth-order valence-electron chi connectivity index (χ4n) is 5.18. The summed E-state index contributed by atoms with van der Waals surface area (Å²) in [5.74, 6) is 1.86. The van der Waals surface area contributed by atoms with Gasteiger partial charge in [-0.3, -0.25) is 4.79 Å². The quantitative estimate of drug-likeness (QED) is 0.137. The highest BCUT2D eigenvalue weighted by atomic mass is 16.6. The first-order chi connectivity index (χ1) is 20.3. The Labute approximate surface area is 244 Å². The Morgan fingerprint density at radius 1 is 0.667 bits per heavy atom. The Kier molecular flexibility index (Phi) is 7.88. The number of benzene rings is 4. The number of rotatable bonds is 9. The molecule has 5 rings (SSSR count). The van der Waals surface area contributed by atoms with Gasteiger partial charge in [-0.15, -0.1) is 0 Å². The molecule has 214 valence electrons. The maximum atomic E-state index is 14.3. The molecule has 42 heavy (non-hydrogen) atoms. The monoisotopic (exact) mass is 566 g/mol. The molecule has 8 heteroatoms. The molecule has 0 aromatic heterocycles. The van der Waals surface area contributed by atoms with E-state index in [4.69, 9.17) is 28.4 Å². The van der Waals surface area contributed by atoms with Gasteiger partial charge in [0.05, 0.1) is 28.4 Å². The zero-order valence-corrected chi connectivity index (χ0v) is 23.9. The van der Waals surface area contributed by atoms with Gasteiger partial charge in [0.25, 0.3) is 0 Å². The van der Waals surface area contributed by atoms with Crippen LogP contribution in [0.2, 0.25) is 0 Å². The molecule has 0 N–H and O–H groups in total. The van der Waals surface area contributed by atoms with Crippen molar-refractivity contribution in [1.29, 1.82) is 0 Å². The average Bonchev–Trinajstić information content (AvgIpc) is 3.31. The van der Waals surface area contributed by atoms with Crippen LogP contribution in [0.4, 0.5) is 0 Å². The fraction of sp³-hybridized carbons (Fsp3) is 0.176. The summed E-state index contributed by atoms with van der Waals surface area (Å²) < 4.78 is 33.3. The summed E-state index contributed by atoms with van der Waals surface area (Å²) in [6, 6.07) is 23.4. The first-order valence-corrected chi connectivity index (χ1v) is 13.1. The Balaban J connectivity index is 1.82. The van der Waals surface area contributed by atoms with E-state index in [1.807, 2.05) is 48.6 Å². The molecule has 8 nitrogen and oxygen atoms in total. The molecular formula is C34H30O8. The molecule has 4 aromatic carbocycles. The van der Waals surface area contributed by atoms with Crippen LogP contribution >= 0.6 is 0 Å². The van der Waals surface area contributed by atoms with Crippen molar-refractivity contribution in [3.8, 4) is 34.5 Å². The lowest BCUT2D eigenvalue weighted by molar-refractivity contribution is -0.135. The van der Waals surface area contributed by atoms with Gasteiger partial charge < -0.3 is 28.4 Å². The smallest absolute Gasteiger partial charge is 0.331 e. The normalized spacial score (nSPS) is 15.6. The predicted molar refractivity (Wildman–Crippen MR) is 158 cm³/mol. The second kappa shape index (κ2) is 11.7. The van der Waals surface area contributed by atoms with Gasteiger partial charge in [0.1, 0.15) is 39.9 Å². The highest BCUT2D eigenvalue weighted by Crippen LogP contribution is 2.53. The average molecular weight is 567 g/mol. The summed E-state index contributed by atoms with van der Waals surface area (Å²) >= 11 is 0. The lowest BCUT2D eigenvalue weighted by Crippen LogP contribution is -2.37. The topological polar surface area (TPSA) is 89.5 Å². The van der Waals surface area contributed by atoms with Crippen molar-refractivity contribution in [1.82, 2.24) is 0 Å². The summed E-state index contributed by atoms with van der Waals surface area (Å²) in [5.41, 5.74) is 1.87. The first-order valence-electron chi connectivity index (χ1n) is 13.1. The van der Waals surface area contributed by atoms with Gasteiger partial charge in [-0.25, -0.2) is 4.79 Å². The van der Waals surface area contributed by atoms with E-state index in [2.05, 4.69) is 0 Å². The fourth-order valence-corrected chi connectivity index (χ4v) is 5.18. The van der Waals surface area contributed by atoms with E-state index in [-0.39, 0.29) is 11.5 Å². The van der Waals surface area contributed by atoms with Crippen LogP contribution in [0.5, 0.6) is 34.5 Å². The van der Waals surface area contributed by atoms with E-state index < -0.39 is 17.4 Å². The number of fused-ring (bicyclic) bond motifs is 1. The van der Waals surface area contributed by atoms with Gasteiger partial charge in [-0.2, -0.15) is 0 Å². The highest BCUT2D eigenvalue weighted by molar-refractivity contribution is 6.01. The van der Waals surface area contributed by atoms with Gasteiger partial charge in [0, 0.05) is 24.6 Å². The van der Waals surface area contributed by atoms with Gasteiger partial charge in [0.2, 0.25) is 0 Å². The van der Waals surface area contributed by atoms with Crippen LogP contribution in [0.1, 0.15) is 34.7 Å². The van der Waals surface area contributed by atoms with Crippen molar-refractivity contribution in [2.75, 3.05) is 28.4 Å². The molecule has 0 spiro atoms. The minimum atomic E-state index is -1.43. The molecule has 1 atom stereocenters. The molecule has 4 aromatic rings. The summed E-state index contributed by atoms with van der Waals surface area (Å²) in [7, 11) is 6.29. The van der Waals surface area contributed by atoms with E-state index in [1.165, 1.54) is 6.92 Å². The molecule has 0 bridgehead atoms. The number of carbonyl (C=O) groups is 2. The molecule has 1 heterocycles. The molecule has 1 aliphatic rings. The maximum Gasteiger partial charge on any atom is 0.331 e. The number of ether oxygens (including phenoxy) is 6. The van der Waals surface area contributed by atoms with Crippen LogP contribution in [0.15, 0.2) is 78.9 Å². The van der Waals surface area contributed by atoms with Crippen molar-refractivity contribution in [3.05, 3.63) is 107 Å². The minimum absolute atomic E-state index is 0.247. The van der Waals surface area contributed by atoms with E-state index >= 15 is 0 Å². The lowest BCUT2D eigenvalue weighted by atomic mass is 9.68. The molecule has 0 radical (unpaired) electrons. The summed E-state index contributed by atoms with van der Waals surface area (Å²) in [4.78, 5) is 26.2. The van der Waals surface area contributed by atoms with Gasteiger partial charge in [0.15, 0.2) is 0 Å². The van der Waals surface area contributed by atoms with Crippen LogP contribution in [0.25, 0.3) is 12.2 Å². The maximum absolute atomic E-state index is 14.3. The van der Waals surface area contributed by atoms with E-state index in [0.717, 1.165) is 11.3 Å². The molecule has 0 unspecified atom stereocenters. The molecule has 0 aliphatic carbocycles. The standard InChI is InChI=1S/C34H30O8/c1-21(35)41-30-16-23(9-6-22-7-12-26(37-2)13-8-22)32-31(20-30)42-33(36)34(32,24-10-14-27(38-3)15-11-24)25-17-28(39-4)19-29(18-25)40-5/h6-20H,1-5H3/b9-6+/t34-/m1/s1.